The Morgan fingerprint density at radius 1 is 0.872 bits per heavy atom. The topological polar surface area (TPSA) is 133 Å². The molecule has 0 atom stereocenters. The van der Waals surface area contributed by atoms with Crippen molar-refractivity contribution >= 4 is 17.8 Å². The third-order valence-electron chi connectivity index (χ3n) is 6.49. The Kier molecular flexibility index (Phi) is 12.1. The van der Waals surface area contributed by atoms with Gasteiger partial charge in [0.15, 0.2) is 0 Å². The van der Waals surface area contributed by atoms with E-state index >= 15 is 0 Å². The standard InChI is InChI=1S/C30H41N3O6/c1-3-36-28(34)8-6-5-7-17-38-26-18-22(30(35)33-24-13-11-23(31)12-14-24)19-27(20-26)39-25-15-9-21(10-16-25)29(32)37-4-2/h9-10,15-16,18-20,23-24,32H,3-8,11-14,17,31H2,1-2H3,(H,33,35). The second kappa shape index (κ2) is 15.7. The van der Waals surface area contributed by atoms with Crippen molar-refractivity contribution in [2.45, 2.75) is 77.3 Å². The number of hydrogen-bond donors (Lipinski definition) is 3. The van der Waals surface area contributed by atoms with Crippen LogP contribution < -0.4 is 20.5 Å². The van der Waals surface area contributed by atoms with Gasteiger partial charge in [-0.2, -0.15) is 0 Å². The second-order valence-corrected chi connectivity index (χ2v) is 9.63. The molecule has 3 rings (SSSR count). The Balaban J connectivity index is 1.66. The molecular formula is C30H41N3O6. The summed E-state index contributed by atoms with van der Waals surface area (Å²) in [5, 5.41) is 11.1. The minimum atomic E-state index is -0.180. The fraction of sp³-hybridized carbons (Fsp3) is 0.500. The maximum absolute atomic E-state index is 13.1. The first kappa shape index (κ1) is 30.0. The summed E-state index contributed by atoms with van der Waals surface area (Å²) in [6.07, 6.45) is 6.25. The molecule has 0 aromatic heterocycles. The van der Waals surface area contributed by atoms with E-state index in [0.717, 1.165) is 44.9 Å². The lowest BCUT2D eigenvalue weighted by molar-refractivity contribution is -0.143. The van der Waals surface area contributed by atoms with Gasteiger partial charge in [0.05, 0.1) is 19.8 Å². The van der Waals surface area contributed by atoms with Gasteiger partial charge in [0.25, 0.3) is 5.91 Å². The number of amides is 1. The molecule has 0 saturated heterocycles. The second-order valence-electron chi connectivity index (χ2n) is 9.63. The molecule has 0 unspecified atom stereocenters. The molecule has 4 N–H and O–H groups in total. The van der Waals surface area contributed by atoms with E-state index in [9.17, 15) is 9.59 Å². The number of esters is 1. The Morgan fingerprint density at radius 3 is 2.26 bits per heavy atom. The van der Waals surface area contributed by atoms with Crippen LogP contribution in [0.5, 0.6) is 17.2 Å². The van der Waals surface area contributed by atoms with Crippen LogP contribution in [0.1, 0.15) is 81.1 Å². The first-order chi connectivity index (χ1) is 18.9. The van der Waals surface area contributed by atoms with Crippen molar-refractivity contribution < 1.29 is 28.5 Å². The smallest absolute Gasteiger partial charge is 0.305 e. The minimum absolute atomic E-state index is 0.0962. The Bertz CT molecular complexity index is 1080. The van der Waals surface area contributed by atoms with Crippen molar-refractivity contribution in [1.29, 1.82) is 5.41 Å². The molecule has 2 aromatic rings. The van der Waals surface area contributed by atoms with E-state index in [1.54, 1.807) is 49.4 Å². The van der Waals surface area contributed by atoms with Gasteiger partial charge in [0.1, 0.15) is 17.2 Å². The van der Waals surface area contributed by atoms with E-state index in [0.29, 0.717) is 54.6 Å². The molecule has 39 heavy (non-hydrogen) atoms. The molecule has 9 nitrogen and oxygen atoms in total. The Labute approximate surface area is 230 Å². The van der Waals surface area contributed by atoms with E-state index in [1.807, 2.05) is 6.92 Å². The number of carbonyl (C=O) groups is 2. The molecule has 1 fully saturated rings. The van der Waals surface area contributed by atoms with Crippen molar-refractivity contribution in [3.63, 3.8) is 0 Å². The molecule has 0 spiro atoms. The quantitative estimate of drug-likeness (QED) is 0.128. The molecule has 0 radical (unpaired) electrons. The van der Waals surface area contributed by atoms with E-state index in [4.69, 9.17) is 30.1 Å². The largest absolute Gasteiger partial charge is 0.493 e. The predicted octanol–water partition coefficient (Wildman–Crippen LogP) is 5.34. The molecular weight excluding hydrogens is 498 g/mol. The van der Waals surface area contributed by atoms with Crippen LogP contribution in [0.15, 0.2) is 42.5 Å². The van der Waals surface area contributed by atoms with Gasteiger partial charge in [0.2, 0.25) is 5.90 Å². The molecule has 1 aliphatic carbocycles. The molecule has 1 amide bonds. The van der Waals surface area contributed by atoms with Crippen LogP contribution >= 0.6 is 0 Å². The van der Waals surface area contributed by atoms with E-state index in [1.165, 1.54) is 0 Å². The first-order valence-electron chi connectivity index (χ1n) is 13.9. The van der Waals surface area contributed by atoms with E-state index in [2.05, 4.69) is 5.32 Å². The molecule has 2 aromatic carbocycles. The van der Waals surface area contributed by atoms with Crippen LogP contribution in [-0.2, 0) is 14.3 Å². The third kappa shape index (κ3) is 10.2. The van der Waals surface area contributed by atoms with E-state index < -0.39 is 0 Å². The number of benzene rings is 2. The molecule has 0 heterocycles. The van der Waals surface area contributed by atoms with Crippen LogP contribution in [0.3, 0.4) is 0 Å². The summed E-state index contributed by atoms with van der Waals surface area (Å²) in [6, 6.07) is 12.5. The van der Waals surface area contributed by atoms with Crippen LogP contribution in [-0.4, -0.2) is 49.7 Å². The van der Waals surface area contributed by atoms with Crippen LogP contribution in [0.25, 0.3) is 0 Å². The molecule has 9 heteroatoms. The average molecular weight is 540 g/mol. The van der Waals surface area contributed by atoms with Gasteiger partial charge in [-0.25, -0.2) is 0 Å². The lowest BCUT2D eigenvalue weighted by atomic mass is 9.91. The SMILES string of the molecule is CCOC(=N)c1ccc(Oc2cc(OCCCCCC(=O)OCC)cc(C(=O)NC3CCC(N)CC3)c2)cc1. The fourth-order valence-electron chi connectivity index (χ4n) is 4.39. The number of carbonyl (C=O) groups excluding carboxylic acids is 2. The predicted molar refractivity (Wildman–Crippen MR) is 150 cm³/mol. The highest BCUT2D eigenvalue weighted by molar-refractivity contribution is 5.95. The lowest BCUT2D eigenvalue weighted by Gasteiger charge is -2.26. The molecule has 0 bridgehead atoms. The molecule has 212 valence electrons. The molecule has 1 saturated carbocycles. The lowest BCUT2D eigenvalue weighted by Crippen LogP contribution is -2.40. The van der Waals surface area contributed by atoms with E-state index in [-0.39, 0.29) is 29.9 Å². The van der Waals surface area contributed by atoms with Gasteiger partial charge < -0.3 is 30.0 Å². The van der Waals surface area contributed by atoms with Crippen molar-refractivity contribution in [3.8, 4) is 17.2 Å². The molecule has 0 aliphatic heterocycles. The fourth-order valence-corrected chi connectivity index (χ4v) is 4.39. The molecule has 1 aliphatic rings. The zero-order valence-corrected chi connectivity index (χ0v) is 23.0. The summed E-state index contributed by atoms with van der Waals surface area (Å²) in [5.41, 5.74) is 7.11. The number of ether oxygens (including phenoxy) is 4. The summed E-state index contributed by atoms with van der Waals surface area (Å²) in [4.78, 5) is 24.6. The van der Waals surface area contributed by atoms with Gasteiger partial charge >= 0.3 is 5.97 Å². The number of hydrogen-bond acceptors (Lipinski definition) is 8. The zero-order chi connectivity index (χ0) is 28.0. The van der Waals surface area contributed by atoms with Crippen molar-refractivity contribution in [2.75, 3.05) is 19.8 Å². The summed E-state index contributed by atoms with van der Waals surface area (Å²) >= 11 is 0. The van der Waals surface area contributed by atoms with Gasteiger partial charge in [-0.3, -0.25) is 15.0 Å². The van der Waals surface area contributed by atoms with Crippen LogP contribution in [0.2, 0.25) is 0 Å². The number of rotatable bonds is 14. The maximum Gasteiger partial charge on any atom is 0.305 e. The zero-order valence-electron chi connectivity index (χ0n) is 23.0. The van der Waals surface area contributed by atoms with Crippen LogP contribution in [0, 0.1) is 5.41 Å². The van der Waals surface area contributed by atoms with Crippen LogP contribution in [0.4, 0.5) is 0 Å². The van der Waals surface area contributed by atoms with Gasteiger partial charge in [-0.1, -0.05) is 0 Å². The normalized spacial score (nSPS) is 16.7. The highest BCUT2D eigenvalue weighted by atomic mass is 16.5. The van der Waals surface area contributed by atoms with Crippen molar-refractivity contribution in [1.82, 2.24) is 5.32 Å². The van der Waals surface area contributed by atoms with Gasteiger partial charge in [-0.05, 0) is 95.2 Å². The van der Waals surface area contributed by atoms with Gasteiger partial charge in [-0.15, -0.1) is 0 Å². The Morgan fingerprint density at radius 2 is 1.56 bits per heavy atom. The first-order valence-corrected chi connectivity index (χ1v) is 13.9. The average Bonchev–Trinajstić information content (AvgIpc) is 2.92. The monoisotopic (exact) mass is 539 g/mol. The summed E-state index contributed by atoms with van der Waals surface area (Å²) in [7, 11) is 0. The number of nitrogens with two attached hydrogens (primary N) is 1. The highest BCUT2D eigenvalue weighted by Gasteiger charge is 2.21. The van der Waals surface area contributed by atoms with Crippen molar-refractivity contribution in [3.05, 3.63) is 53.6 Å². The summed E-state index contributed by atoms with van der Waals surface area (Å²) in [5.74, 6) is 1.31. The number of unbranched alkanes of at least 4 members (excludes halogenated alkanes) is 2. The maximum atomic E-state index is 13.1. The summed E-state index contributed by atoms with van der Waals surface area (Å²) in [6.45, 7) is 4.90. The van der Waals surface area contributed by atoms with Gasteiger partial charge in [0, 0.05) is 35.7 Å². The number of nitrogens with one attached hydrogen (secondary N) is 2. The third-order valence-corrected chi connectivity index (χ3v) is 6.49. The Hall–Kier alpha value is -3.59. The highest BCUT2D eigenvalue weighted by Crippen LogP contribution is 2.29. The summed E-state index contributed by atoms with van der Waals surface area (Å²) < 4.78 is 22.2. The minimum Gasteiger partial charge on any atom is -0.493 e. The van der Waals surface area contributed by atoms with Crippen molar-refractivity contribution in [2.24, 2.45) is 5.73 Å².